The number of rotatable bonds is 4. The second kappa shape index (κ2) is 5.52. The van der Waals surface area contributed by atoms with Gasteiger partial charge in [-0.2, -0.15) is 0 Å². The molecule has 18 heavy (non-hydrogen) atoms. The molecule has 0 aromatic carbocycles. The first-order valence-corrected chi connectivity index (χ1v) is 6.59. The topological polar surface area (TPSA) is 66.4 Å². The number of nitrogens with one attached hydrogen (secondary N) is 1. The van der Waals surface area contributed by atoms with Crippen molar-refractivity contribution >= 4 is 23.2 Å². The van der Waals surface area contributed by atoms with Gasteiger partial charge < -0.3 is 10.4 Å². The van der Waals surface area contributed by atoms with Gasteiger partial charge in [-0.05, 0) is 24.5 Å². The lowest BCUT2D eigenvalue weighted by Gasteiger charge is -2.25. The highest BCUT2D eigenvalue weighted by Gasteiger charge is 2.37. The summed E-state index contributed by atoms with van der Waals surface area (Å²) < 4.78 is 0. The molecule has 1 heterocycles. The zero-order valence-corrected chi connectivity index (χ0v) is 11.9. The van der Waals surface area contributed by atoms with Crippen molar-refractivity contribution in [3.63, 3.8) is 0 Å². The number of carboxylic acids is 1. The standard InChI is InChI=1S/C13H19NO3S/c1-8-5-6-9(18-8)7-14-11(15)10(12(16)17)13(2,3)4/h5-6,10H,7H2,1-4H3,(H,14,15)(H,16,17). The van der Waals surface area contributed by atoms with E-state index in [0.717, 1.165) is 4.88 Å². The van der Waals surface area contributed by atoms with Crippen molar-refractivity contribution in [3.05, 3.63) is 21.9 Å². The van der Waals surface area contributed by atoms with Gasteiger partial charge >= 0.3 is 5.97 Å². The number of hydrogen-bond acceptors (Lipinski definition) is 3. The maximum atomic E-state index is 11.9. The molecule has 1 amide bonds. The minimum absolute atomic E-state index is 0.386. The van der Waals surface area contributed by atoms with E-state index in [2.05, 4.69) is 5.32 Å². The van der Waals surface area contributed by atoms with Crippen LogP contribution in [0.15, 0.2) is 12.1 Å². The molecule has 1 rings (SSSR count). The maximum Gasteiger partial charge on any atom is 0.316 e. The van der Waals surface area contributed by atoms with Crippen LogP contribution in [-0.4, -0.2) is 17.0 Å². The van der Waals surface area contributed by atoms with Crippen LogP contribution in [0, 0.1) is 18.3 Å². The van der Waals surface area contributed by atoms with Gasteiger partial charge in [0.25, 0.3) is 0 Å². The Morgan fingerprint density at radius 1 is 1.39 bits per heavy atom. The predicted octanol–water partition coefficient (Wildman–Crippen LogP) is 2.42. The van der Waals surface area contributed by atoms with Crippen molar-refractivity contribution in [2.75, 3.05) is 0 Å². The molecule has 0 saturated carbocycles. The molecular weight excluding hydrogens is 250 g/mol. The number of carbonyl (C=O) groups excluding carboxylic acids is 1. The van der Waals surface area contributed by atoms with E-state index in [1.54, 1.807) is 32.1 Å². The molecule has 0 aliphatic rings. The van der Waals surface area contributed by atoms with E-state index < -0.39 is 23.2 Å². The van der Waals surface area contributed by atoms with Gasteiger partial charge in [0.15, 0.2) is 0 Å². The second-order valence-corrected chi connectivity index (χ2v) is 6.74. The van der Waals surface area contributed by atoms with Crippen LogP contribution in [0.3, 0.4) is 0 Å². The second-order valence-electron chi connectivity index (χ2n) is 5.37. The van der Waals surface area contributed by atoms with Crippen molar-refractivity contribution in [2.24, 2.45) is 11.3 Å². The summed E-state index contributed by atoms with van der Waals surface area (Å²) in [6.07, 6.45) is 0. The maximum absolute atomic E-state index is 11.9. The van der Waals surface area contributed by atoms with E-state index >= 15 is 0 Å². The van der Waals surface area contributed by atoms with Gasteiger partial charge in [0.2, 0.25) is 5.91 Å². The molecule has 1 atom stereocenters. The van der Waals surface area contributed by atoms with Crippen molar-refractivity contribution in [1.29, 1.82) is 0 Å². The van der Waals surface area contributed by atoms with Crippen molar-refractivity contribution in [3.8, 4) is 0 Å². The lowest BCUT2D eigenvalue weighted by atomic mass is 9.80. The highest BCUT2D eigenvalue weighted by Crippen LogP contribution is 2.26. The molecule has 1 aromatic rings. The normalized spacial score (nSPS) is 13.1. The number of thiophene rings is 1. The molecule has 1 aromatic heterocycles. The molecule has 5 heteroatoms. The molecule has 4 nitrogen and oxygen atoms in total. The van der Waals surface area contributed by atoms with Crippen LogP contribution >= 0.6 is 11.3 Å². The predicted molar refractivity (Wildman–Crippen MR) is 71.5 cm³/mol. The summed E-state index contributed by atoms with van der Waals surface area (Å²) in [5, 5.41) is 11.8. The van der Waals surface area contributed by atoms with Gasteiger partial charge in [-0.1, -0.05) is 20.8 Å². The highest BCUT2D eigenvalue weighted by atomic mass is 32.1. The first-order chi connectivity index (χ1) is 8.21. The molecule has 1 unspecified atom stereocenters. The fraction of sp³-hybridized carbons (Fsp3) is 0.538. The quantitative estimate of drug-likeness (QED) is 0.825. The van der Waals surface area contributed by atoms with Gasteiger partial charge in [0.05, 0.1) is 6.54 Å². The van der Waals surface area contributed by atoms with Gasteiger partial charge in [-0.3, -0.25) is 9.59 Å². The first-order valence-electron chi connectivity index (χ1n) is 5.77. The van der Waals surface area contributed by atoms with E-state index in [4.69, 9.17) is 5.11 Å². The molecular formula is C13H19NO3S. The van der Waals surface area contributed by atoms with Gasteiger partial charge in [-0.15, -0.1) is 11.3 Å². The summed E-state index contributed by atoms with van der Waals surface area (Å²) in [6.45, 7) is 7.63. The number of aryl methyl sites for hydroxylation is 1. The average molecular weight is 269 g/mol. The number of carbonyl (C=O) groups is 2. The molecule has 0 bridgehead atoms. The van der Waals surface area contributed by atoms with Gasteiger partial charge in [-0.25, -0.2) is 0 Å². The lowest BCUT2D eigenvalue weighted by Crippen LogP contribution is -2.42. The monoisotopic (exact) mass is 269 g/mol. The zero-order chi connectivity index (χ0) is 13.9. The average Bonchev–Trinajstić information content (AvgIpc) is 2.58. The first kappa shape index (κ1) is 14.7. The molecule has 0 fully saturated rings. The molecule has 0 saturated heterocycles. The summed E-state index contributed by atoms with van der Waals surface area (Å²) in [7, 11) is 0. The Labute approximate surface area is 111 Å². The third-order valence-corrected chi connectivity index (χ3v) is 3.61. The summed E-state index contributed by atoms with van der Waals surface area (Å²) in [6, 6.07) is 3.91. The van der Waals surface area contributed by atoms with Crippen molar-refractivity contribution in [1.82, 2.24) is 5.32 Å². The number of hydrogen-bond donors (Lipinski definition) is 2. The van der Waals surface area contributed by atoms with Crippen LogP contribution in [0.5, 0.6) is 0 Å². The Kier molecular flexibility index (Phi) is 4.51. The molecule has 0 aliphatic heterocycles. The van der Waals surface area contributed by atoms with Crippen molar-refractivity contribution < 1.29 is 14.7 Å². The van der Waals surface area contributed by atoms with Gasteiger partial charge in [0, 0.05) is 9.75 Å². The third kappa shape index (κ3) is 3.84. The highest BCUT2D eigenvalue weighted by molar-refractivity contribution is 7.11. The van der Waals surface area contributed by atoms with Crippen LogP contribution in [0.2, 0.25) is 0 Å². The Hall–Kier alpha value is -1.36. The summed E-state index contributed by atoms with van der Waals surface area (Å²) >= 11 is 1.60. The minimum Gasteiger partial charge on any atom is -0.481 e. The number of carboxylic acid groups (broad SMARTS) is 1. The number of amides is 1. The number of aliphatic carboxylic acids is 1. The van der Waals surface area contributed by atoms with Crippen LogP contribution < -0.4 is 5.32 Å². The van der Waals surface area contributed by atoms with Crippen LogP contribution in [0.25, 0.3) is 0 Å². The Bertz CT molecular complexity index is 445. The Balaban J connectivity index is 2.66. The third-order valence-electron chi connectivity index (χ3n) is 2.61. The fourth-order valence-electron chi connectivity index (χ4n) is 1.73. The molecule has 0 radical (unpaired) electrons. The Morgan fingerprint density at radius 3 is 2.39 bits per heavy atom. The van der Waals surface area contributed by atoms with E-state index in [1.807, 2.05) is 19.1 Å². The van der Waals surface area contributed by atoms with E-state index in [1.165, 1.54) is 4.88 Å². The molecule has 0 spiro atoms. The lowest BCUT2D eigenvalue weighted by molar-refractivity contribution is -0.151. The van der Waals surface area contributed by atoms with Gasteiger partial charge in [0.1, 0.15) is 5.92 Å². The van der Waals surface area contributed by atoms with Crippen LogP contribution in [0.1, 0.15) is 30.5 Å². The van der Waals surface area contributed by atoms with E-state index in [-0.39, 0.29) is 0 Å². The molecule has 100 valence electrons. The van der Waals surface area contributed by atoms with Crippen molar-refractivity contribution in [2.45, 2.75) is 34.2 Å². The largest absolute Gasteiger partial charge is 0.481 e. The molecule has 0 aliphatic carbocycles. The summed E-state index contributed by atoms with van der Waals surface area (Å²) in [5.41, 5.74) is -0.596. The van der Waals surface area contributed by atoms with E-state index in [9.17, 15) is 9.59 Å². The SMILES string of the molecule is Cc1ccc(CNC(=O)C(C(=O)O)C(C)(C)C)s1. The van der Waals surface area contributed by atoms with Crippen LogP contribution in [-0.2, 0) is 16.1 Å². The Morgan fingerprint density at radius 2 is 2.00 bits per heavy atom. The summed E-state index contributed by atoms with van der Waals surface area (Å²) in [4.78, 5) is 25.3. The molecule has 2 N–H and O–H groups in total. The zero-order valence-electron chi connectivity index (χ0n) is 11.1. The minimum atomic E-state index is -1.08. The summed E-state index contributed by atoms with van der Waals surface area (Å²) in [5.74, 6) is -2.54. The smallest absolute Gasteiger partial charge is 0.316 e. The fourth-order valence-corrected chi connectivity index (χ4v) is 2.56. The van der Waals surface area contributed by atoms with E-state index in [0.29, 0.717) is 6.54 Å². The van der Waals surface area contributed by atoms with Crippen LogP contribution in [0.4, 0.5) is 0 Å².